The standard InChI is InChI=1S/C23H29N3O3S2.C19H18N2O4S2/c1-3-16-26(20-12-8-5-9-13-20)23(27)18-30-22-15-14-21(17-24-22)31(28,29)25(2)19-10-6-4-7-11-19;1-15(22)17-9-5-6-10-18(17)25-13-12-21(19-20-11-14-26-19)27(23,24)16-7-3-2-4-8-16/h3,5,8-9,12-15,17,19H,1,4,6-7,10-11,16,18H2,2H3;2-11,14H,12-13H2,1H3. The number of thiazole rings is 1. The lowest BCUT2D eigenvalue weighted by Crippen LogP contribution is -2.38. The number of benzene rings is 3. The van der Waals surface area contributed by atoms with E-state index in [9.17, 15) is 26.4 Å². The van der Waals surface area contributed by atoms with Gasteiger partial charge in [0.05, 0.1) is 27.8 Å². The number of hydrogen-bond acceptors (Lipinski definition) is 11. The summed E-state index contributed by atoms with van der Waals surface area (Å²) < 4.78 is 60.4. The number of sulfonamides is 2. The summed E-state index contributed by atoms with van der Waals surface area (Å²) >= 11 is 2.52. The molecule has 3 aromatic carbocycles. The third-order valence-electron chi connectivity index (χ3n) is 9.28. The lowest BCUT2D eigenvalue weighted by atomic mass is 9.96. The lowest BCUT2D eigenvalue weighted by Gasteiger charge is -2.30. The molecule has 0 spiro atoms. The molecular weight excluding hydrogens is 815 g/mol. The Morgan fingerprint density at radius 3 is 2.16 bits per heavy atom. The fraction of sp³-hybridized carbons (Fsp3) is 0.286. The summed E-state index contributed by atoms with van der Waals surface area (Å²) in [7, 11) is -5.68. The molecule has 0 bridgehead atoms. The summed E-state index contributed by atoms with van der Waals surface area (Å²) in [6.45, 7) is 5.76. The fourth-order valence-electron chi connectivity index (χ4n) is 6.21. The number of thioether (sulfide) groups is 1. The predicted octanol–water partition coefficient (Wildman–Crippen LogP) is 7.97. The molecule has 1 saturated carbocycles. The molecule has 2 aromatic heterocycles. The molecule has 0 unspecified atom stereocenters. The molecule has 0 radical (unpaired) electrons. The highest BCUT2D eigenvalue weighted by molar-refractivity contribution is 7.99. The van der Waals surface area contributed by atoms with Crippen LogP contribution in [0.25, 0.3) is 0 Å². The number of carbonyl (C=O) groups excluding carboxylic acids is 2. The van der Waals surface area contributed by atoms with E-state index in [1.54, 1.807) is 96.3 Å². The highest BCUT2D eigenvalue weighted by Crippen LogP contribution is 2.28. The molecule has 1 amide bonds. The number of carbonyl (C=O) groups is 2. The molecule has 0 atom stereocenters. The van der Waals surface area contributed by atoms with Crippen LogP contribution in [0, 0.1) is 0 Å². The van der Waals surface area contributed by atoms with Gasteiger partial charge in [0.15, 0.2) is 10.9 Å². The smallest absolute Gasteiger partial charge is 0.266 e. The zero-order valence-corrected chi connectivity index (χ0v) is 35.7. The van der Waals surface area contributed by atoms with Crippen LogP contribution in [0.2, 0.25) is 0 Å². The Kier molecular flexibility index (Phi) is 16.2. The number of amides is 1. The van der Waals surface area contributed by atoms with E-state index in [-0.39, 0.29) is 46.4 Å². The summed E-state index contributed by atoms with van der Waals surface area (Å²) in [6, 6.07) is 27.8. The Hall–Kier alpha value is -4.87. The Bertz CT molecular complexity index is 2310. The number of rotatable bonds is 17. The molecule has 58 heavy (non-hydrogen) atoms. The third-order valence-corrected chi connectivity index (χ3v) is 14.8. The minimum Gasteiger partial charge on any atom is -0.491 e. The number of pyridine rings is 1. The number of nitrogens with zero attached hydrogens (tertiary/aromatic N) is 5. The Morgan fingerprint density at radius 2 is 1.53 bits per heavy atom. The van der Waals surface area contributed by atoms with Crippen molar-refractivity contribution in [2.24, 2.45) is 0 Å². The number of ether oxygens (including phenoxy) is 1. The molecule has 2 heterocycles. The molecular formula is C42H47N5O7S4. The van der Waals surface area contributed by atoms with Crippen LogP contribution < -0.4 is 13.9 Å². The summed E-state index contributed by atoms with van der Waals surface area (Å²) in [5.74, 6) is 0.455. The molecule has 0 aliphatic heterocycles. The first-order chi connectivity index (χ1) is 27.9. The van der Waals surface area contributed by atoms with Gasteiger partial charge in [-0.1, -0.05) is 85.6 Å². The van der Waals surface area contributed by atoms with Crippen molar-refractivity contribution < 1.29 is 31.2 Å². The SMILES string of the molecule is C=CCN(C(=O)CSc1ccc(S(=O)(=O)N(C)C2CCCCC2)cn1)c1ccccc1.CC(=O)c1ccccc1OCCN(c1nccs1)S(=O)(=O)c1ccccc1. The zero-order chi connectivity index (χ0) is 41.5. The summed E-state index contributed by atoms with van der Waals surface area (Å²) in [5, 5.41) is 2.69. The summed E-state index contributed by atoms with van der Waals surface area (Å²) in [5.41, 5.74) is 1.28. The highest BCUT2D eigenvalue weighted by Gasteiger charge is 2.30. The Morgan fingerprint density at radius 1 is 0.862 bits per heavy atom. The van der Waals surface area contributed by atoms with Crippen LogP contribution in [0.3, 0.4) is 0 Å². The van der Waals surface area contributed by atoms with E-state index in [4.69, 9.17) is 4.74 Å². The van der Waals surface area contributed by atoms with Crippen molar-refractivity contribution in [2.75, 3.05) is 41.7 Å². The summed E-state index contributed by atoms with van der Waals surface area (Å²) in [4.78, 5) is 34.9. The molecule has 1 fully saturated rings. The van der Waals surface area contributed by atoms with Gasteiger partial charge in [0, 0.05) is 43.1 Å². The van der Waals surface area contributed by atoms with Gasteiger partial charge in [0.2, 0.25) is 15.9 Å². The number of anilines is 2. The maximum Gasteiger partial charge on any atom is 0.266 e. The van der Waals surface area contributed by atoms with Crippen LogP contribution in [0.15, 0.2) is 142 Å². The second-order valence-corrected chi connectivity index (χ2v) is 18.9. The molecule has 1 aliphatic carbocycles. The van der Waals surface area contributed by atoms with Gasteiger partial charge < -0.3 is 9.64 Å². The molecule has 0 saturated heterocycles. The maximum atomic E-state index is 13.0. The molecule has 12 nitrogen and oxygen atoms in total. The molecule has 16 heteroatoms. The quantitative estimate of drug-likeness (QED) is 0.0513. The van der Waals surface area contributed by atoms with Gasteiger partial charge in [-0.05, 0) is 68.3 Å². The first-order valence-electron chi connectivity index (χ1n) is 18.7. The van der Waals surface area contributed by atoms with Crippen LogP contribution >= 0.6 is 23.1 Å². The van der Waals surface area contributed by atoms with Crippen molar-refractivity contribution >= 4 is 65.7 Å². The van der Waals surface area contributed by atoms with Gasteiger partial charge in [-0.2, -0.15) is 4.31 Å². The second-order valence-electron chi connectivity index (χ2n) is 13.2. The Balaban J connectivity index is 0.000000223. The van der Waals surface area contributed by atoms with Gasteiger partial charge in [0.1, 0.15) is 17.3 Å². The second kappa shape index (κ2) is 21.2. The van der Waals surface area contributed by atoms with Crippen molar-refractivity contribution in [1.82, 2.24) is 14.3 Å². The van der Waals surface area contributed by atoms with E-state index in [1.807, 2.05) is 30.3 Å². The summed E-state index contributed by atoms with van der Waals surface area (Å²) in [6.07, 6.45) is 9.75. The van der Waals surface area contributed by atoms with Crippen molar-refractivity contribution in [3.05, 3.63) is 133 Å². The van der Waals surface area contributed by atoms with Crippen molar-refractivity contribution in [3.63, 3.8) is 0 Å². The van der Waals surface area contributed by atoms with Crippen LogP contribution in [-0.4, -0.2) is 81.3 Å². The average Bonchev–Trinajstić information content (AvgIpc) is 3.79. The average molecular weight is 862 g/mol. The van der Waals surface area contributed by atoms with Crippen LogP contribution in [0.5, 0.6) is 5.75 Å². The highest BCUT2D eigenvalue weighted by atomic mass is 32.2. The molecule has 6 rings (SSSR count). The monoisotopic (exact) mass is 861 g/mol. The van der Waals surface area contributed by atoms with Crippen LogP contribution in [-0.2, 0) is 24.8 Å². The number of aromatic nitrogens is 2. The predicted molar refractivity (Wildman–Crippen MR) is 231 cm³/mol. The third kappa shape index (κ3) is 11.6. The van der Waals surface area contributed by atoms with E-state index < -0.39 is 20.0 Å². The maximum absolute atomic E-state index is 13.0. The van der Waals surface area contributed by atoms with E-state index >= 15 is 0 Å². The van der Waals surface area contributed by atoms with Gasteiger partial charge in [-0.25, -0.2) is 31.1 Å². The van der Waals surface area contributed by atoms with E-state index in [0.29, 0.717) is 28.0 Å². The number of hydrogen-bond donors (Lipinski definition) is 0. The number of para-hydroxylation sites is 2. The molecule has 0 N–H and O–H groups in total. The fourth-order valence-corrected chi connectivity index (χ4v) is 10.6. The Labute approximate surface area is 349 Å². The molecule has 306 valence electrons. The van der Waals surface area contributed by atoms with Gasteiger partial charge in [-0.3, -0.25) is 9.59 Å². The van der Waals surface area contributed by atoms with Crippen LogP contribution in [0.4, 0.5) is 10.8 Å². The van der Waals surface area contributed by atoms with Crippen LogP contribution in [0.1, 0.15) is 49.4 Å². The van der Waals surface area contributed by atoms with Crippen molar-refractivity contribution in [1.29, 1.82) is 0 Å². The van der Waals surface area contributed by atoms with Gasteiger partial charge >= 0.3 is 0 Å². The minimum absolute atomic E-state index is 0.0549. The lowest BCUT2D eigenvalue weighted by molar-refractivity contribution is -0.116. The first-order valence-corrected chi connectivity index (χ1v) is 23.4. The first kappa shape index (κ1) is 44.2. The topological polar surface area (TPSA) is 147 Å². The molecule has 5 aromatic rings. The van der Waals surface area contributed by atoms with Gasteiger partial charge in [-0.15, -0.1) is 17.9 Å². The number of ketones is 1. The van der Waals surface area contributed by atoms with E-state index in [1.165, 1.54) is 51.3 Å². The van der Waals surface area contributed by atoms with Crippen molar-refractivity contribution in [2.45, 2.75) is 59.9 Å². The zero-order valence-electron chi connectivity index (χ0n) is 32.4. The van der Waals surface area contributed by atoms with E-state index in [0.717, 1.165) is 31.4 Å². The van der Waals surface area contributed by atoms with Crippen molar-refractivity contribution in [3.8, 4) is 5.75 Å². The minimum atomic E-state index is -3.77. The van der Waals surface area contributed by atoms with Gasteiger partial charge in [0.25, 0.3) is 10.0 Å². The normalized spacial score (nSPS) is 13.2. The largest absolute Gasteiger partial charge is 0.491 e. The van der Waals surface area contributed by atoms with E-state index in [2.05, 4.69) is 16.5 Å². The molecule has 1 aliphatic rings. The number of Topliss-reactive ketones (excluding diaryl/α,β-unsaturated/α-hetero) is 1.